The molecule has 0 radical (unpaired) electrons. The quantitative estimate of drug-likeness (QED) is 0.779. The van der Waals surface area contributed by atoms with Crippen molar-refractivity contribution >= 4 is 16.7 Å². The summed E-state index contributed by atoms with van der Waals surface area (Å²) in [6, 6.07) is 12.8. The Hall–Kier alpha value is -2.08. The fourth-order valence-electron chi connectivity index (χ4n) is 3.61. The Balaban J connectivity index is 1.85. The fraction of sp³-hybridized carbons (Fsp3) is 0.375. The Bertz CT molecular complexity index is 686. The molecule has 3 nitrogen and oxygen atoms in total. The minimum atomic E-state index is 0.644. The summed E-state index contributed by atoms with van der Waals surface area (Å²) in [5.74, 6) is 1.83. The fourth-order valence-corrected chi connectivity index (χ4v) is 3.61. The molecule has 4 rings (SSSR count). The van der Waals surface area contributed by atoms with Crippen LogP contribution in [-0.4, -0.2) is 17.6 Å². The van der Waals surface area contributed by atoms with Crippen molar-refractivity contribution in [2.24, 2.45) is 5.92 Å². The van der Waals surface area contributed by atoms with E-state index in [0.29, 0.717) is 6.04 Å². The SMILES string of the molecule is N#Cc1cc(N2CC3CCC2C3)nc2ccccc12. The molecule has 1 aromatic heterocycles. The van der Waals surface area contributed by atoms with Gasteiger partial charge in [-0.3, -0.25) is 0 Å². The molecule has 2 atom stereocenters. The first kappa shape index (κ1) is 10.8. The van der Waals surface area contributed by atoms with Crippen LogP contribution < -0.4 is 4.90 Å². The smallest absolute Gasteiger partial charge is 0.130 e. The Kier molecular flexibility index (Phi) is 2.25. The standard InChI is InChI=1S/C16H15N3/c17-9-12-8-16(18-15-4-2-1-3-14(12)15)19-10-11-5-6-13(19)7-11/h1-4,8,11,13H,5-7,10H2. The highest BCUT2D eigenvalue weighted by atomic mass is 15.2. The zero-order valence-electron chi connectivity index (χ0n) is 10.7. The topological polar surface area (TPSA) is 39.9 Å². The molecule has 2 heterocycles. The van der Waals surface area contributed by atoms with E-state index in [1.165, 1.54) is 19.3 Å². The average molecular weight is 249 g/mol. The third-order valence-electron chi connectivity index (χ3n) is 4.53. The van der Waals surface area contributed by atoms with Crippen molar-refractivity contribution in [3.63, 3.8) is 0 Å². The van der Waals surface area contributed by atoms with Gasteiger partial charge in [0.05, 0.1) is 17.1 Å². The van der Waals surface area contributed by atoms with E-state index in [1.54, 1.807) is 0 Å². The normalized spacial score (nSPS) is 24.9. The first-order valence-electron chi connectivity index (χ1n) is 6.91. The molecule has 3 heteroatoms. The molecule has 2 unspecified atom stereocenters. The number of fused-ring (bicyclic) bond motifs is 3. The predicted octanol–water partition coefficient (Wildman–Crippen LogP) is 3.10. The number of piperidine rings is 1. The molecule has 1 saturated carbocycles. The second-order valence-corrected chi connectivity index (χ2v) is 5.64. The largest absolute Gasteiger partial charge is 0.353 e. The van der Waals surface area contributed by atoms with E-state index < -0.39 is 0 Å². The molecule has 19 heavy (non-hydrogen) atoms. The van der Waals surface area contributed by atoms with E-state index in [9.17, 15) is 5.26 Å². The molecule has 2 aromatic rings. The molecule has 2 aliphatic rings. The van der Waals surface area contributed by atoms with Gasteiger partial charge in [-0.05, 0) is 37.3 Å². The van der Waals surface area contributed by atoms with Gasteiger partial charge < -0.3 is 4.90 Å². The van der Waals surface area contributed by atoms with Crippen LogP contribution in [-0.2, 0) is 0 Å². The average Bonchev–Trinajstić information content (AvgIpc) is 3.08. The molecular weight excluding hydrogens is 234 g/mol. The summed E-state index contributed by atoms with van der Waals surface area (Å²) in [7, 11) is 0. The zero-order valence-corrected chi connectivity index (χ0v) is 10.7. The van der Waals surface area contributed by atoms with E-state index >= 15 is 0 Å². The predicted molar refractivity (Wildman–Crippen MR) is 74.9 cm³/mol. The third kappa shape index (κ3) is 1.60. The zero-order chi connectivity index (χ0) is 12.8. The van der Waals surface area contributed by atoms with E-state index in [0.717, 1.165) is 34.7 Å². The lowest BCUT2D eigenvalue weighted by Crippen LogP contribution is -2.32. The van der Waals surface area contributed by atoms with Crippen LogP contribution >= 0.6 is 0 Å². The molecule has 1 aliphatic heterocycles. The van der Waals surface area contributed by atoms with Gasteiger partial charge >= 0.3 is 0 Å². The summed E-state index contributed by atoms with van der Waals surface area (Å²) in [6.07, 6.45) is 3.94. The van der Waals surface area contributed by atoms with Crippen molar-refractivity contribution in [3.8, 4) is 6.07 Å². The lowest BCUT2D eigenvalue weighted by molar-refractivity contribution is 0.551. The van der Waals surface area contributed by atoms with Crippen LogP contribution in [0.3, 0.4) is 0 Å². The van der Waals surface area contributed by atoms with Crippen LogP contribution in [0.5, 0.6) is 0 Å². The first-order chi connectivity index (χ1) is 9.35. The van der Waals surface area contributed by atoms with Gasteiger partial charge in [-0.15, -0.1) is 0 Å². The molecule has 1 aromatic carbocycles. The van der Waals surface area contributed by atoms with E-state index in [-0.39, 0.29) is 0 Å². The monoisotopic (exact) mass is 249 g/mol. The van der Waals surface area contributed by atoms with Crippen molar-refractivity contribution in [2.45, 2.75) is 25.3 Å². The van der Waals surface area contributed by atoms with Crippen LogP contribution in [0.1, 0.15) is 24.8 Å². The number of aromatic nitrogens is 1. The molecule has 0 N–H and O–H groups in total. The molecule has 1 saturated heterocycles. The van der Waals surface area contributed by atoms with E-state index in [2.05, 4.69) is 11.0 Å². The van der Waals surface area contributed by atoms with Gasteiger partial charge in [0.1, 0.15) is 5.82 Å². The van der Waals surface area contributed by atoms with Crippen molar-refractivity contribution < 1.29 is 0 Å². The van der Waals surface area contributed by atoms with Gasteiger partial charge in [0, 0.05) is 18.0 Å². The Morgan fingerprint density at radius 1 is 1.26 bits per heavy atom. The summed E-state index contributed by atoms with van der Waals surface area (Å²) < 4.78 is 0. The highest BCUT2D eigenvalue weighted by Gasteiger charge is 2.38. The molecule has 1 aliphatic carbocycles. The summed E-state index contributed by atoms with van der Waals surface area (Å²) in [5.41, 5.74) is 1.67. The lowest BCUT2D eigenvalue weighted by atomic mass is 10.1. The molecule has 94 valence electrons. The number of hydrogen-bond acceptors (Lipinski definition) is 3. The molecule has 0 amide bonds. The molecule has 0 spiro atoms. The number of pyridine rings is 1. The van der Waals surface area contributed by atoms with E-state index in [4.69, 9.17) is 4.98 Å². The number of para-hydroxylation sites is 1. The number of rotatable bonds is 1. The third-order valence-corrected chi connectivity index (χ3v) is 4.53. The maximum Gasteiger partial charge on any atom is 0.130 e. The highest BCUT2D eigenvalue weighted by Crippen LogP contribution is 2.40. The van der Waals surface area contributed by atoms with Crippen molar-refractivity contribution in [2.75, 3.05) is 11.4 Å². The highest BCUT2D eigenvalue weighted by molar-refractivity contribution is 5.86. The molecule has 2 bridgehead atoms. The molecular formula is C16H15N3. The first-order valence-corrected chi connectivity index (χ1v) is 6.91. The number of anilines is 1. The van der Waals surface area contributed by atoms with Crippen LogP contribution in [0.15, 0.2) is 30.3 Å². The number of hydrogen-bond donors (Lipinski definition) is 0. The van der Waals surface area contributed by atoms with Crippen LogP contribution in [0, 0.1) is 17.2 Å². The number of nitriles is 1. The maximum absolute atomic E-state index is 9.34. The maximum atomic E-state index is 9.34. The minimum absolute atomic E-state index is 0.644. The Morgan fingerprint density at radius 3 is 2.89 bits per heavy atom. The molecule has 2 fully saturated rings. The minimum Gasteiger partial charge on any atom is -0.353 e. The lowest BCUT2D eigenvalue weighted by Gasteiger charge is -2.28. The van der Waals surface area contributed by atoms with Crippen molar-refractivity contribution in [1.29, 1.82) is 5.26 Å². The summed E-state index contributed by atoms with van der Waals surface area (Å²) in [4.78, 5) is 7.16. The van der Waals surface area contributed by atoms with Gasteiger partial charge in [-0.2, -0.15) is 5.26 Å². The van der Waals surface area contributed by atoms with Crippen LogP contribution in [0.4, 0.5) is 5.82 Å². The van der Waals surface area contributed by atoms with Gasteiger partial charge in [0.15, 0.2) is 0 Å². The summed E-state index contributed by atoms with van der Waals surface area (Å²) >= 11 is 0. The van der Waals surface area contributed by atoms with Crippen molar-refractivity contribution in [3.05, 3.63) is 35.9 Å². The number of benzene rings is 1. The van der Waals surface area contributed by atoms with Crippen molar-refractivity contribution in [1.82, 2.24) is 4.98 Å². The summed E-state index contributed by atoms with van der Waals surface area (Å²) in [5, 5.41) is 10.3. The van der Waals surface area contributed by atoms with Gasteiger partial charge in [-0.25, -0.2) is 4.98 Å². The van der Waals surface area contributed by atoms with Gasteiger partial charge in [-0.1, -0.05) is 18.2 Å². The van der Waals surface area contributed by atoms with Crippen LogP contribution in [0.2, 0.25) is 0 Å². The Morgan fingerprint density at radius 2 is 2.16 bits per heavy atom. The van der Waals surface area contributed by atoms with E-state index in [1.807, 2.05) is 30.3 Å². The van der Waals surface area contributed by atoms with Gasteiger partial charge in [0.25, 0.3) is 0 Å². The second kappa shape index (κ2) is 3.96. The van der Waals surface area contributed by atoms with Crippen LogP contribution in [0.25, 0.3) is 10.9 Å². The van der Waals surface area contributed by atoms with Gasteiger partial charge in [0.2, 0.25) is 0 Å². The second-order valence-electron chi connectivity index (χ2n) is 5.64. The Labute approximate surface area is 112 Å². The summed E-state index contributed by atoms with van der Waals surface area (Å²) in [6.45, 7) is 1.11. The number of nitrogens with zero attached hydrogens (tertiary/aromatic N) is 3.